The maximum atomic E-state index is 12.0. The van der Waals surface area contributed by atoms with Crippen molar-refractivity contribution in [2.45, 2.75) is 76.1 Å². The summed E-state index contributed by atoms with van der Waals surface area (Å²) in [6, 6.07) is 0.367. The van der Waals surface area contributed by atoms with Crippen LogP contribution >= 0.6 is 19.2 Å². The van der Waals surface area contributed by atoms with E-state index in [1.807, 2.05) is 0 Å². The van der Waals surface area contributed by atoms with Gasteiger partial charge in [0.1, 0.15) is 5.82 Å². The number of halogens is 1. The Morgan fingerprint density at radius 1 is 1.30 bits per heavy atom. The molecule has 2 aromatic heterocycles. The van der Waals surface area contributed by atoms with Gasteiger partial charge in [-0.25, -0.2) is 4.68 Å². The Morgan fingerprint density at radius 3 is 2.76 bits per heavy atom. The minimum atomic E-state index is -4.55. The molecule has 2 aliphatic rings. The van der Waals surface area contributed by atoms with Crippen molar-refractivity contribution in [2.75, 3.05) is 25.1 Å². The molecule has 4 rings (SSSR count). The van der Waals surface area contributed by atoms with E-state index in [-0.39, 0.29) is 24.6 Å². The van der Waals surface area contributed by atoms with Crippen LogP contribution in [-0.4, -0.2) is 66.8 Å². The smallest absolute Gasteiger partial charge is 0.359 e. The Hall–Kier alpha value is -1.33. The highest BCUT2D eigenvalue weighted by atomic mass is 35.5. The third-order valence-corrected chi connectivity index (χ3v) is 7.91. The first-order valence-electron chi connectivity index (χ1n) is 11.3. The molecular weight excluding hydrogens is 473 g/mol. The lowest BCUT2D eigenvalue weighted by molar-refractivity contribution is -0.0963. The second-order valence-electron chi connectivity index (χ2n) is 8.75. The summed E-state index contributed by atoms with van der Waals surface area (Å²) in [4.78, 5) is 28.2. The van der Waals surface area contributed by atoms with Crippen molar-refractivity contribution in [1.29, 1.82) is 0 Å². The van der Waals surface area contributed by atoms with Crippen molar-refractivity contribution in [1.82, 2.24) is 19.7 Å². The Labute approximate surface area is 197 Å². The Kier molecular flexibility index (Phi) is 7.59. The van der Waals surface area contributed by atoms with E-state index < -0.39 is 19.2 Å². The molecule has 3 heterocycles. The molecule has 0 radical (unpaired) electrons. The molecular formula is C20H31ClN5O6P. The SMILES string of the molecule is CCOCC(C)(OCC1CCC(n2ncc3c(NC4CCCC4)nc(Cl)nc32)O1)P(=O)(O)O. The molecule has 0 spiro atoms. The highest BCUT2D eigenvalue weighted by Gasteiger charge is 2.45. The van der Waals surface area contributed by atoms with Crippen LogP contribution in [0.3, 0.4) is 0 Å². The first-order valence-corrected chi connectivity index (χ1v) is 13.3. The zero-order chi connectivity index (χ0) is 23.6. The molecule has 1 saturated heterocycles. The molecule has 1 saturated carbocycles. The molecule has 13 heteroatoms. The fourth-order valence-electron chi connectivity index (χ4n) is 4.25. The lowest BCUT2D eigenvalue weighted by Crippen LogP contribution is -2.37. The number of nitrogens with one attached hydrogen (secondary N) is 1. The number of anilines is 1. The third-order valence-electron chi connectivity index (χ3n) is 6.25. The predicted molar refractivity (Wildman–Crippen MR) is 122 cm³/mol. The molecule has 0 bridgehead atoms. The normalized spacial score (nSPS) is 23.9. The molecule has 33 heavy (non-hydrogen) atoms. The van der Waals surface area contributed by atoms with Gasteiger partial charge in [0.2, 0.25) is 5.28 Å². The number of rotatable bonds is 10. The van der Waals surface area contributed by atoms with Crippen molar-refractivity contribution in [3.63, 3.8) is 0 Å². The summed E-state index contributed by atoms with van der Waals surface area (Å²) in [7, 11) is -4.55. The van der Waals surface area contributed by atoms with Gasteiger partial charge in [0.25, 0.3) is 0 Å². The molecule has 3 N–H and O–H groups in total. The average molecular weight is 504 g/mol. The molecule has 1 aliphatic carbocycles. The highest BCUT2D eigenvalue weighted by molar-refractivity contribution is 7.53. The summed E-state index contributed by atoms with van der Waals surface area (Å²) >= 11 is 6.21. The van der Waals surface area contributed by atoms with Gasteiger partial charge in [0.15, 0.2) is 17.2 Å². The molecule has 1 aliphatic heterocycles. The van der Waals surface area contributed by atoms with Gasteiger partial charge in [-0.05, 0) is 51.1 Å². The van der Waals surface area contributed by atoms with E-state index in [0.717, 1.165) is 18.2 Å². The van der Waals surface area contributed by atoms with E-state index in [0.29, 0.717) is 37.0 Å². The summed E-state index contributed by atoms with van der Waals surface area (Å²) in [5.41, 5.74) is 0.582. The van der Waals surface area contributed by atoms with E-state index in [9.17, 15) is 14.4 Å². The Bertz CT molecular complexity index is 1010. The maximum absolute atomic E-state index is 12.0. The number of aromatic nitrogens is 4. The summed E-state index contributed by atoms with van der Waals surface area (Å²) in [5, 5.41) is 7.13. The monoisotopic (exact) mass is 503 g/mol. The topological polar surface area (TPSA) is 141 Å². The lowest BCUT2D eigenvalue weighted by Gasteiger charge is -2.31. The molecule has 184 valence electrons. The average Bonchev–Trinajstić information content (AvgIpc) is 3.50. The lowest BCUT2D eigenvalue weighted by atomic mass is 10.2. The molecule has 2 fully saturated rings. The largest absolute Gasteiger partial charge is 0.378 e. The molecule has 0 amide bonds. The summed E-state index contributed by atoms with van der Waals surface area (Å²) in [5.74, 6) is 0.675. The number of hydrogen-bond acceptors (Lipinski definition) is 8. The van der Waals surface area contributed by atoms with Crippen LogP contribution in [0.2, 0.25) is 5.28 Å². The van der Waals surface area contributed by atoms with Crippen LogP contribution in [-0.2, 0) is 18.8 Å². The van der Waals surface area contributed by atoms with Crippen LogP contribution in [0.15, 0.2) is 6.20 Å². The van der Waals surface area contributed by atoms with E-state index in [4.69, 9.17) is 25.8 Å². The number of fused-ring (bicyclic) bond motifs is 1. The van der Waals surface area contributed by atoms with E-state index in [1.54, 1.807) is 17.8 Å². The van der Waals surface area contributed by atoms with Crippen molar-refractivity contribution in [3.05, 3.63) is 11.5 Å². The Balaban J connectivity index is 1.45. The van der Waals surface area contributed by atoms with Crippen molar-refractivity contribution >= 4 is 36.0 Å². The van der Waals surface area contributed by atoms with Crippen LogP contribution < -0.4 is 5.32 Å². The van der Waals surface area contributed by atoms with Crippen molar-refractivity contribution < 1.29 is 28.6 Å². The third kappa shape index (κ3) is 5.51. The van der Waals surface area contributed by atoms with Crippen molar-refractivity contribution in [3.8, 4) is 0 Å². The van der Waals surface area contributed by atoms with Crippen LogP contribution in [0, 0.1) is 0 Å². The van der Waals surface area contributed by atoms with Gasteiger partial charge in [-0.15, -0.1) is 0 Å². The quantitative estimate of drug-likeness (QED) is 0.326. The van der Waals surface area contributed by atoms with Crippen LogP contribution in [0.4, 0.5) is 5.82 Å². The highest BCUT2D eigenvalue weighted by Crippen LogP contribution is 2.51. The van der Waals surface area contributed by atoms with E-state index in [2.05, 4.69) is 20.4 Å². The summed E-state index contributed by atoms with van der Waals surface area (Å²) in [6.45, 7) is 3.25. The molecule has 2 aromatic rings. The summed E-state index contributed by atoms with van der Waals surface area (Å²) in [6.07, 6.45) is 6.85. The molecule has 0 aromatic carbocycles. The molecule has 11 nitrogen and oxygen atoms in total. The van der Waals surface area contributed by atoms with Gasteiger partial charge in [-0.2, -0.15) is 15.1 Å². The van der Waals surface area contributed by atoms with Gasteiger partial charge in [0.05, 0.1) is 30.9 Å². The predicted octanol–water partition coefficient (Wildman–Crippen LogP) is 3.46. The molecule has 3 unspecified atom stereocenters. The minimum Gasteiger partial charge on any atom is -0.378 e. The minimum absolute atomic E-state index is 0.0224. The van der Waals surface area contributed by atoms with E-state index in [1.165, 1.54) is 19.8 Å². The van der Waals surface area contributed by atoms with Gasteiger partial charge in [-0.3, -0.25) is 4.57 Å². The number of hydrogen-bond donors (Lipinski definition) is 3. The van der Waals surface area contributed by atoms with Crippen LogP contribution in [0.25, 0.3) is 11.0 Å². The van der Waals surface area contributed by atoms with Gasteiger partial charge < -0.3 is 29.3 Å². The number of ether oxygens (including phenoxy) is 3. The fourth-order valence-corrected chi connectivity index (χ4v) is 4.91. The van der Waals surface area contributed by atoms with Gasteiger partial charge in [0, 0.05) is 12.6 Å². The van der Waals surface area contributed by atoms with E-state index >= 15 is 0 Å². The standard InChI is InChI=1S/C20H31ClN5O6P/c1-3-30-12-20(2,33(27,28)29)31-11-14-8-9-16(32-14)26-18-15(10-22-26)17(24-19(21)25-18)23-13-6-4-5-7-13/h10,13-14,16H,3-9,11-12H2,1-2H3,(H,23,24,25)(H2,27,28,29). The second kappa shape index (κ2) is 10.1. The zero-order valence-electron chi connectivity index (χ0n) is 18.8. The van der Waals surface area contributed by atoms with Gasteiger partial charge in [-0.1, -0.05) is 12.8 Å². The number of nitrogens with zero attached hydrogens (tertiary/aromatic N) is 4. The second-order valence-corrected chi connectivity index (χ2v) is 11.1. The maximum Gasteiger partial charge on any atom is 0.359 e. The zero-order valence-corrected chi connectivity index (χ0v) is 20.5. The van der Waals surface area contributed by atoms with Crippen LogP contribution in [0.1, 0.15) is 58.6 Å². The fraction of sp³-hybridized carbons (Fsp3) is 0.750. The van der Waals surface area contributed by atoms with Crippen molar-refractivity contribution in [2.24, 2.45) is 0 Å². The first-order chi connectivity index (χ1) is 15.7. The summed E-state index contributed by atoms with van der Waals surface area (Å²) < 4.78 is 30.6. The molecule has 3 atom stereocenters. The first kappa shape index (κ1) is 24.8. The van der Waals surface area contributed by atoms with Crippen LogP contribution in [0.5, 0.6) is 0 Å². The van der Waals surface area contributed by atoms with Gasteiger partial charge >= 0.3 is 7.60 Å². The Morgan fingerprint density at radius 2 is 2.06 bits per heavy atom.